The van der Waals surface area contributed by atoms with E-state index in [4.69, 9.17) is 4.74 Å². The number of nitrogens with one attached hydrogen (secondary N) is 3. The molecule has 196 valence electrons. The van der Waals surface area contributed by atoms with Crippen LogP contribution >= 0.6 is 0 Å². The van der Waals surface area contributed by atoms with Gasteiger partial charge in [0, 0.05) is 23.2 Å². The zero-order chi connectivity index (χ0) is 27.2. The third kappa shape index (κ3) is 5.93. The van der Waals surface area contributed by atoms with Gasteiger partial charge in [-0.2, -0.15) is 5.10 Å². The minimum absolute atomic E-state index is 0.103. The number of H-pyrrole nitrogens is 1. The molecule has 2 amide bonds. The van der Waals surface area contributed by atoms with Gasteiger partial charge in [0.25, 0.3) is 11.8 Å². The van der Waals surface area contributed by atoms with E-state index in [2.05, 4.69) is 30.8 Å². The summed E-state index contributed by atoms with van der Waals surface area (Å²) in [6, 6.07) is 20.4. The number of hydrogen-bond acceptors (Lipinski definition) is 6. The number of hydrogen-bond donors (Lipinski definition) is 3. The maximum atomic E-state index is 13.1. The first kappa shape index (κ1) is 25.6. The highest BCUT2D eigenvalue weighted by atomic mass is 16.5. The number of amides is 2. The van der Waals surface area contributed by atoms with Crippen molar-refractivity contribution in [3.05, 3.63) is 96.7 Å². The van der Waals surface area contributed by atoms with Gasteiger partial charge in [-0.15, -0.1) is 0 Å². The van der Waals surface area contributed by atoms with Crippen molar-refractivity contribution in [2.24, 2.45) is 0 Å². The van der Waals surface area contributed by atoms with Crippen LogP contribution in [0.1, 0.15) is 47.7 Å². The van der Waals surface area contributed by atoms with Gasteiger partial charge in [0.2, 0.25) is 0 Å². The van der Waals surface area contributed by atoms with Crippen LogP contribution in [-0.4, -0.2) is 38.0 Å². The third-order valence-corrected chi connectivity index (χ3v) is 6.38. The zero-order valence-corrected chi connectivity index (χ0v) is 21.6. The normalized spacial score (nSPS) is 10.9. The number of aromatic amines is 1. The first-order chi connectivity index (χ1) is 19.0. The van der Waals surface area contributed by atoms with Gasteiger partial charge in [0.05, 0.1) is 23.6 Å². The summed E-state index contributed by atoms with van der Waals surface area (Å²) in [5.41, 5.74) is 3.41. The van der Waals surface area contributed by atoms with Crippen molar-refractivity contribution in [3.8, 4) is 22.6 Å². The lowest BCUT2D eigenvalue weighted by Crippen LogP contribution is -2.34. The molecule has 0 aliphatic carbocycles. The Kier molecular flexibility index (Phi) is 7.58. The average molecular weight is 521 g/mol. The van der Waals surface area contributed by atoms with E-state index < -0.39 is 5.91 Å². The van der Waals surface area contributed by atoms with Crippen molar-refractivity contribution in [1.82, 2.24) is 25.5 Å². The number of nitrogens with zero attached hydrogens (tertiary/aromatic N) is 3. The number of ether oxygens (including phenoxy) is 1. The van der Waals surface area contributed by atoms with E-state index in [1.54, 1.807) is 24.5 Å². The van der Waals surface area contributed by atoms with Gasteiger partial charge in [0.15, 0.2) is 5.69 Å². The van der Waals surface area contributed by atoms with Crippen molar-refractivity contribution < 1.29 is 14.3 Å². The summed E-state index contributed by atoms with van der Waals surface area (Å²) in [4.78, 5) is 34.1. The van der Waals surface area contributed by atoms with Crippen LogP contribution in [0.4, 0.5) is 5.69 Å². The standard InChI is InChI=1S/C30H28N6O3/c1-3-21(4-2)33-29(37)27-13-11-22(17-32-27)34-30(38)28-25-15-19(10-12-26(25)35-36-28)20-14-24(18-31-16-20)39-23-8-6-5-7-9-23/h5-18,21H,3-4H2,1-2H3,(H,33,37)(H,34,38)(H,35,36). The Bertz CT molecular complexity index is 1590. The maximum Gasteiger partial charge on any atom is 0.276 e. The fraction of sp³-hybridized carbons (Fsp3) is 0.167. The number of rotatable bonds is 9. The molecule has 0 unspecified atom stereocenters. The molecule has 39 heavy (non-hydrogen) atoms. The molecular formula is C30H28N6O3. The van der Waals surface area contributed by atoms with Gasteiger partial charge in [0.1, 0.15) is 17.2 Å². The molecule has 9 nitrogen and oxygen atoms in total. The summed E-state index contributed by atoms with van der Waals surface area (Å²) in [7, 11) is 0. The number of benzene rings is 2. The van der Waals surface area contributed by atoms with E-state index in [1.807, 2.05) is 68.4 Å². The zero-order valence-electron chi connectivity index (χ0n) is 21.6. The molecule has 3 heterocycles. The number of anilines is 1. The van der Waals surface area contributed by atoms with Crippen molar-refractivity contribution in [2.45, 2.75) is 32.7 Å². The molecule has 0 saturated heterocycles. The fourth-order valence-electron chi connectivity index (χ4n) is 4.17. The molecule has 5 rings (SSSR count). The minimum Gasteiger partial charge on any atom is -0.456 e. The third-order valence-electron chi connectivity index (χ3n) is 6.38. The highest BCUT2D eigenvalue weighted by Gasteiger charge is 2.17. The van der Waals surface area contributed by atoms with Crippen LogP contribution in [0.25, 0.3) is 22.0 Å². The molecule has 5 aromatic rings. The number of para-hydroxylation sites is 1. The first-order valence-corrected chi connectivity index (χ1v) is 12.8. The monoisotopic (exact) mass is 520 g/mol. The van der Waals surface area contributed by atoms with Crippen LogP contribution in [0.5, 0.6) is 11.5 Å². The molecule has 0 bridgehead atoms. The summed E-state index contributed by atoms with van der Waals surface area (Å²) in [6.07, 6.45) is 6.55. The fourth-order valence-corrected chi connectivity index (χ4v) is 4.17. The lowest BCUT2D eigenvalue weighted by molar-refractivity contribution is 0.0929. The molecule has 0 radical (unpaired) electrons. The molecule has 0 fully saturated rings. The van der Waals surface area contributed by atoms with Gasteiger partial charge in [-0.3, -0.25) is 19.7 Å². The van der Waals surface area contributed by atoms with E-state index >= 15 is 0 Å². The Morgan fingerprint density at radius 3 is 2.44 bits per heavy atom. The predicted octanol–water partition coefficient (Wildman–Crippen LogP) is 5.98. The number of carbonyl (C=O) groups excluding carboxylic acids is 2. The molecule has 9 heteroatoms. The van der Waals surface area contributed by atoms with E-state index in [0.29, 0.717) is 22.5 Å². The first-order valence-electron chi connectivity index (χ1n) is 12.8. The summed E-state index contributed by atoms with van der Waals surface area (Å²) < 4.78 is 5.92. The van der Waals surface area contributed by atoms with Crippen molar-refractivity contribution >= 4 is 28.4 Å². The lowest BCUT2D eigenvalue weighted by atomic mass is 10.0. The van der Waals surface area contributed by atoms with E-state index in [9.17, 15) is 9.59 Å². The van der Waals surface area contributed by atoms with Gasteiger partial charge in [-0.25, -0.2) is 4.98 Å². The van der Waals surface area contributed by atoms with Crippen LogP contribution in [0.2, 0.25) is 0 Å². The molecule has 0 saturated carbocycles. The minimum atomic E-state index is -0.395. The maximum absolute atomic E-state index is 13.1. The molecule has 2 aromatic carbocycles. The second-order valence-corrected chi connectivity index (χ2v) is 9.03. The van der Waals surface area contributed by atoms with Crippen molar-refractivity contribution in [2.75, 3.05) is 5.32 Å². The van der Waals surface area contributed by atoms with Gasteiger partial charge < -0.3 is 15.4 Å². The van der Waals surface area contributed by atoms with Crippen LogP contribution in [0.15, 0.2) is 85.3 Å². The Balaban J connectivity index is 1.33. The number of pyridine rings is 2. The second kappa shape index (κ2) is 11.6. The quantitative estimate of drug-likeness (QED) is 0.220. The smallest absolute Gasteiger partial charge is 0.276 e. The Morgan fingerprint density at radius 2 is 1.69 bits per heavy atom. The van der Waals surface area contributed by atoms with Crippen LogP contribution in [0, 0.1) is 0 Å². The molecule has 0 atom stereocenters. The van der Waals surface area contributed by atoms with E-state index in [-0.39, 0.29) is 17.6 Å². The molecule has 0 spiro atoms. The summed E-state index contributed by atoms with van der Waals surface area (Å²) in [5.74, 6) is 0.692. The molecule has 0 aliphatic rings. The molecule has 3 aromatic heterocycles. The SMILES string of the molecule is CCC(CC)NC(=O)c1ccc(NC(=O)c2n[nH]c3ccc(-c4cncc(Oc5ccccc5)c4)cc23)cn1. The second-order valence-electron chi connectivity index (χ2n) is 9.03. The Labute approximate surface area is 225 Å². The number of fused-ring (bicyclic) bond motifs is 1. The number of carbonyl (C=O) groups is 2. The van der Waals surface area contributed by atoms with Crippen LogP contribution in [0.3, 0.4) is 0 Å². The van der Waals surface area contributed by atoms with Gasteiger partial charge in [-0.05, 0) is 60.9 Å². The van der Waals surface area contributed by atoms with Gasteiger partial charge in [-0.1, -0.05) is 38.1 Å². The van der Waals surface area contributed by atoms with E-state index in [1.165, 1.54) is 6.20 Å². The largest absolute Gasteiger partial charge is 0.456 e. The lowest BCUT2D eigenvalue weighted by Gasteiger charge is -2.14. The average Bonchev–Trinajstić information content (AvgIpc) is 3.40. The van der Waals surface area contributed by atoms with Crippen molar-refractivity contribution in [1.29, 1.82) is 0 Å². The highest BCUT2D eigenvalue weighted by molar-refractivity contribution is 6.11. The number of aromatic nitrogens is 4. The van der Waals surface area contributed by atoms with Crippen LogP contribution < -0.4 is 15.4 Å². The molecular weight excluding hydrogens is 492 g/mol. The Morgan fingerprint density at radius 1 is 0.872 bits per heavy atom. The summed E-state index contributed by atoms with van der Waals surface area (Å²) >= 11 is 0. The highest BCUT2D eigenvalue weighted by Crippen LogP contribution is 2.29. The summed E-state index contributed by atoms with van der Waals surface area (Å²) in [6.45, 7) is 4.05. The molecule has 0 aliphatic heterocycles. The Hall–Kier alpha value is -5.05. The van der Waals surface area contributed by atoms with Crippen molar-refractivity contribution in [3.63, 3.8) is 0 Å². The van der Waals surface area contributed by atoms with Gasteiger partial charge >= 0.3 is 0 Å². The van der Waals surface area contributed by atoms with Crippen LogP contribution in [-0.2, 0) is 0 Å². The molecule has 3 N–H and O–H groups in total. The topological polar surface area (TPSA) is 122 Å². The van der Waals surface area contributed by atoms with E-state index in [0.717, 1.165) is 35.2 Å². The summed E-state index contributed by atoms with van der Waals surface area (Å²) in [5, 5.41) is 13.6. The predicted molar refractivity (Wildman–Crippen MR) is 150 cm³/mol.